The Labute approximate surface area is 92.8 Å². The maximum atomic E-state index is 2.60. The van der Waals surface area contributed by atoms with Crippen molar-refractivity contribution in [2.75, 3.05) is 0 Å². The van der Waals surface area contributed by atoms with E-state index in [-0.39, 0.29) is 0 Å². The van der Waals surface area contributed by atoms with Gasteiger partial charge in [-0.15, -0.1) is 0 Å². The molecule has 7 aliphatic rings. The Morgan fingerprint density at radius 2 is 1.80 bits per heavy atom. The molecule has 7 bridgehead atoms. The molecule has 0 aromatic heterocycles. The predicted octanol–water partition coefficient (Wildman–Crippen LogP) is 3.57. The van der Waals surface area contributed by atoms with Gasteiger partial charge in [0.1, 0.15) is 0 Å². The van der Waals surface area contributed by atoms with Gasteiger partial charge < -0.3 is 0 Å². The summed E-state index contributed by atoms with van der Waals surface area (Å²) in [6.07, 6.45) is 6.52. The molecule has 9 atom stereocenters. The first-order valence-corrected chi connectivity index (χ1v) is 7.23. The van der Waals surface area contributed by atoms with Crippen LogP contribution in [0.4, 0.5) is 0 Å². The second-order valence-corrected chi connectivity index (χ2v) is 7.67. The Kier molecular flexibility index (Phi) is 1.11. The lowest BCUT2D eigenvalue weighted by Crippen LogP contribution is -2.65. The average molecular weight is 202 g/mol. The number of hydrogen-bond acceptors (Lipinski definition) is 0. The zero-order chi connectivity index (χ0) is 9.95. The molecule has 0 aromatic carbocycles. The fraction of sp³-hybridized carbons (Fsp3) is 1.00. The van der Waals surface area contributed by atoms with Gasteiger partial charge in [0, 0.05) is 0 Å². The van der Waals surface area contributed by atoms with Crippen LogP contribution in [-0.2, 0) is 0 Å². The summed E-state index contributed by atoms with van der Waals surface area (Å²) in [5, 5.41) is 0. The van der Waals surface area contributed by atoms with Crippen molar-refractivity contribution in [1.82, 2.24) is 0 Å². The van der Waals surface area contributed by atoms with Crippen molar-refractivity contribution in [2.24, 2.45) is 52.8 Å². The Balaban J connectivity index is 1.69. The summed E-state index contributed by atoms with van der Waals surface area (Å²) in [7, 11) is 0. The highest BCUT2D eigenvalue weighted by atomic mass is 14.9. The maximum absolute atomic E-state index is 2.60. The van der Waals surface area contributed by atoms with Crippen LogP contribution < -0.4 is 0 Å². The molecular formula is C15H22. The molecule has 0 radical (unpaired) electrons. The van der Waals surface area contributed by atoms with Gasteiger partial charge in [0.15, 0.2) is 0 Å². The van der Waals surface area contributed by atoms with Crippen molar-refractivity contribution in [3.05, 3.63) is 0 Å². The third kappa shape index (κ3) is 0.579. The SMILES string of the molecule is CC1CC2C(C)C34CC(C5CC1CC53)C24. The van der Waals surface area contributed by atoms with Crippen LogP contribution in [0.5, 0.6) is 0 Å². The summed E-state index contributed by atoms with van der Waals surface area (Å²) in [6, 6.07) is 0. The molecule has 7 aliphatic carbocycles. The van der Waals surface area contributed by atoms with Crippen LogP contribution in [0, 0.1) is 52.8 Å². The minimum Gasteiger partial charge on any atom is -0.0622 e. The molecule has 0 heteroatoms. The van der Waals surface area contributed by atoms with Gasteiger partial charge in [0.2, 0.25) is 0 Å². The summed E-state index contributed by atoms with van der Waals surface area (Å²) in [5.41, 5.74) is 0.925. The highest BCUT2D eigenvalue weighted by Crippen LogP contribution is 2.86. The van der Waals surface area contributed by atoms with Gasteiger partial charge >= 0.3 is 0 Å². The third-order valence-electron chi connectivity index (χ3n) is 7.96. The third-order valence-corrected chi connectivity index (χ3v) is 7.96. The van der Waals surface area contributed by atoms with E-state index in [4.69, 9.17) is 0 Å². The van der Waals surface area contributed by atoms with Crippen molar-refractivity contribution < 1.29 is 0 Å². The molecule has 0 amide bonds. The molecule has 0 aliphatic heterocycles. The van der Waals surface area contributed by atoms with E-state index in [1.54, 1.807) is 25.7 Å². The first-order valence-electron chi connectivity index (χ1n) is 7.23. The molecule has 1 spiro atoms. The first kappa shape index (κ1) is 8.14. The standard InChI is InChI=1S/C15H22/c1-7-3-10-8(2)15-6-12(14(10)15)11-4-9(7)5-13(11)15/h7-14H,3-6H2,1-2H3. The van der Waals surface area contributed by atoms with E-state index in [1.165, 1.54) is 23.7 Å². The zero-order valence-corrected chi connectivity index (χ0v) is 9.95. The smallest absolute Gasteiger partial charge is 0.0201 e. The Hall–Kier alpha value is 0. The molecule has 82 valence electrons. The van der Waals surface area contributed by atoms with Crippen molar-refractivity contribution in [3.63, 3.8) is 0 Å². The molecule has 0 saturated heterocycles. The van der Waals surface area contributed by atoms with E-state index in [0.29, 0.717) is 0 Å². The van der Waals surface area contributed by atoms with Gasteiger partial charge in [-0.3, -0.25) is 0 Å². The lowest BCUT2D eigenvalue weighted by Gasteiger charge is -2.70. The molecule has 9 unspecified atom stereocenters. The summed E-state index contributed by atoms with van der Waals surface area (Å²) in [4.78, 5) is 0. The van der Waals surface area contributed by atoms with Crippen molar-refractivity contribution in [2.45, 2.75) is 39.5 Å². The van der Waals surface area contributed by atoms with E-state index in [0.717, 1.165) is 29.1 Å². The molecule has 15 heavy (non-hydrogen) atoms. The van der Waals surface area contributed by atoms with Crippen LogP contribution in [-0.4, -0.2) is 0 Å². The molecule has 7 rings (SSSR count). The van der Waals surface area contributed by atoms with E-state index >= 15 is 0 Å². The Bertz CT molecular complexity index is 346. The van der Waals surface area contributed by atoms with Crippen molar-refractivity contribution in [3.8, 4) is 0 Å². The lowest BCUT2D eigenvalue weighted by atomic mass is 9.34. The monoisotopic (exact) mass is 202 g/mol. The molecular weight excluding hydrogens is 180 g/mol. The van der Waals surface area contributed by atoms with Crippen LogP contribution in [0.3, 0.4) is 0 Å². The van der Waals surface area contributed by atoms with Gasteiger partial charge in [0.05, 0.1) is 0 Å². The fourth-order valence-electron chi connectivity index (χ4n) is 7.50. The summed E-state index contributed by atoms with van der Waals surface area (Å²) in [6.45, 7) is 5.16. The minimum atomic E-state index is 0.925. The number of rotatable bonds is 0. The minimum absolute atomic E-state index is 0.925. The largest absolute Gasteiger partial charge is 0.0622 e. The van der Waals surface area contributed by atoms with Gasteiger partial charge in [0.25, 0.3) is 0 Å². The fourth-order valence-corrected chi connectivity index (χ4v) is 7.50. The molecule has 7 saturated carbocycles. The highest BCUT2D eigenvalue weighted by molar-refractivity contribution is 5.28. The van der Waals surface area contributed by atoms with Crippen LogP contribution in [0.2, 0.25) is 0 Å². The van der Waals surface area contributed by atoms with Gasteiger partial charge in [-0.05, 0) is 78.4 Å². The predicted molar refractivity (Wildman–Crippen MR) is 60.2 cm³/mol. The molecule has 0 heterocycles. The normalized spacial score (nSPS) is 77.2. The van der Waals surface area contributed by atoms with E-state index in [2.05, 4.69) is 13.8 Å². The Morgan fingerprint density at radius 1 is 0.933 bits per heavy atom. The molecule has 0 N–H and O–H groups in total. The summed E-state index contributed by atoms with van der Waals surface area (Å²) < 4.78 is 0. The Morgan fingerprint density at radius 3 is 2.67 bits per heavy atom. The van der Waals surface area contributed by atoms with Gasteiger partial charge in [-0.2, -0.15) is 0 Å². The molecule has 7 fully saturated rings. The van der Waals surface area contributed by atoms with Crippen molar-refractivity contribution in [1.29, 1.82) is 0 Å². The lowest BCUT2D eigenvalue weighted by molar-refractivity contribution is -0.227. The van der Waals surface area contributed by atoms with Crippen LogP contribution in [0.15, 0.2) is 0 Å². The summed E-state index contributed by atoms with van der Waals surface area (Å²) in [5.74, 6) is 9.31. The zero-order valence-electron chi connectivity index (χ0n) is 9.95. The van der Waals surface area contributed by atoms with E-state index < -0.39 is 0 Å². The highest BCUT2D eigenvalue weighted by Gasteiger charge is 2.81. The van der Waals surface area contributed by atoms with Gasteiger partial charge in [-0.25, -0.2) is 0 Å². The molecule has 0 nitrogen and oxygen atoms in total. The molecule has 0 aromatic rings. The second-order valence-electron chi connectivity index (χ2n) is 7.67. The topological polar surface area (TPSA) is 0 Å². The first-order chi connectivity index (χ1) is 7.23. The van der Waals surface area contributed by atoms with Crippen LogP contribution in [0.1, 0.15) is 39.5 Å². The van der Waals surface area contributed by atoms with Gasteiger partial charge in [-0.1, -0.05) is 13.8 Å². The quantitative estimate of drug-likeness (QED) is 0.563. The van der Waals surface area contributed by atoms with Crippen LogP contribution >= 0.6 is 0 Å². The second kappa shape index (κ2) is 2.05. The summed E-state index contributed by atoms with van der Waals surface area (Å²) >= 11 is 0. The number of hydrogen-bond donors (Lipinski definition) is 0. The van der Waals surface area contributed by atoms with Crippen LogP contribution in [0.25, 0.3) is 0 Å². The van der Waals surface area contributed by atoms with E-state index in [9.17, 15) is 0 Å². The van der Waals surface area contributed by atoms with Crippen molar-refractivity contribution >= 4 is 0 Å². The average Bonchev–Trinajstić information content (AvgIpc) is 2.75. The van der Waals surface area contributed by atoms with E-state index in [1.807, 2.05) is 0 Å². The maximum Gasteiger partial charge on any atom is -0.0201 e.